The maximum atomic E-state index is 3.92. The Morgan fingerprint density at radius 1 is 1.00 bits per heavy atom. The van der Waals surface area contributed by atoms with Gasteiger partial charge in [-0.3, -0.25) is 0 Å². The molecule has 3 atom stereocenters. The summed E-state index contributed by atoms with van der Waals surface area (Å²) in [5.74, 6) is 1.71. The Kier molecular flexibility index (Phi) is 5.95. The lowest BCUT2D eigenvalue weighted by Gasteiger charge is -2.35. The number of nitrogens with one attached hydrogen (secondary N) is 1. The van der Waals surface area contributed by atoms with Crippen molar-refractivity contribution in [3.63, 3.8) is 0 Å². The predicted molar refractivity (Wildman–Crippen MR) is 95.4 cm³/mol. The largest absolute Gasteiger partial charge is 0.314 e. The lowest BCUT2D eigenvalue weighted by Crippen LogP contribution is -2.41. The number of benzene rings is 1. The second kappa shape index (κ2) is 8.15. The van der Waals surface area contributed by atoms with Crippen molar-refractivity contribution in [2.75, 3.05) is 6.54 Å². The van der Waals surface area contributed by atoms with Gasteiger partial charge in [-0.2, -0.15) is 0 Å². The molecule has 1 fully saturated rings. The van der Waals surface area contributed by atoms with Crippen LogP contribution < -0.4 is 5.32 Å². The average Bonchev–Trinajstić information content (AvgIpc) is 2.93. The molecule has 1 nitrogen and oxygen atoms in total. The second-order valence-electron chi connectivity index (χ2n) is 7.43. The van der Waals surface area contributed by atoms with Crippen LogP contribution in [0, 0.1) is 5.92 Å². The first-order chi connectivity index (χ1) is 10.9. The monoisotopic (exact) mass is 299 g/mol. The van der Waals surface area contributed by atoms with E-state index in [9.17, 15) is 0 Å². The Labute approximate surface area is 136 Å². The van der Waals surface area contributed by atoms with E-state index in [0.29, 0.717) is 0 Å². The Balaban J connectivity index is 1.43. The Morgan fingerprint density at radius 2 is 1.82 bits per heavy atom. The summed E-state index contributed by atoms with van der Waals surface area (Å²) in [4.78, 5) is 0. The van der Waals surface area contributed by atoms with Crippen molar-refractivity contribution in [2.45, 2.75) is 83.1 Å². The van der Waals surface area contributed by atoms with Gasteiger partial charge in [-0.25, -0.2) is 0 Å². The molecule has 2 aliphatic rings. The van der Waals surface area contributed by atoms with E-state index in [1.54, 1.807) is 11.1 Å². The predicted octanol–water partition coefficient (Wildman–Crippen LogP) is 5.45. The fourth-order valence-electron chi connectivity index (χ4n) is 4.72. The third-order valence-corrected chi connectivity index (χ3v) is 5.91. The van der Waals surface area contributed by atoms with Crippen molar-refractivity contribution in [1.82, 2.24) is 5.32 Å². The van der Waals surface area contributed by atoms with Gasteiger partial charge in [0.25, 0.3) is 0 Å². The number of unbranched alkanes of at least 4 members (excludes halogenated alkanes) is 5. The third kappa shape index (κ3) is 3.74. The van der Waals surface area contributed by atoms with Gasteiger partial charge in [0.05, 0.1) is 0 Å². The summed E-state index contributed by atoms with van der Waals surface area (Å²) in [6, 6.07) is 9.96. The lowest BCUT2D eigenvalue weighted by atomic mass is 9.76. The highest BCUT2D eigenvalue weighted by Gasteiger charge is 2.39. The van der Waals surface area contributed by atoms with Crippen LogP contribution in [0.15, 0.2) is 24.3 Å². The smallest absolute Gasteiger partial charge is 0.0104 e. The highest BCUT2D eigenvalue weighted by molar-refractivity contribution is 5.37. The van der Waals surface area contributed by atoms with Crippen molar-refractivity contribution in [3.05, 3.63) is 35.4 Å². The van der Waals surface area contributed by atoms with Crippen molar-refractivity contribution in [3.8, 4) is 0 Å². The molecule has 1 N–H and O–H groups in total. The molecule has 0 radical (unpaired) electrons. The Bertz CT molecular complexity index is 453. The fraction of sp³-hybridized carbons (Fsp3) is 0.714. The molecule has 0 aliphatic heterocycles. The number of hydrogen-bond acceptors (Lipinski definition) is 1. The zero-order chi connectivity index (χ0) is 15.2. The van der Waals surface area contributed by atoms with Gasteiger partial charge in [0, 0.05) is 6.04 Å². The van der Waals surface area contributed by atoms with Gasteiger partial charge < -0.3 is 5.32 Å². The summed E-state index contributed by atoms with van der Waals surface area (Å²) in [5.41, 5.74) is 3.30. The van der Waals surface area contributed by atoms with E-state index in [0.717, 1.165) is 17.9 Å². The van der Waals surface area contributed by atoms with Gasteiger partial charge >= 0.3 is 0 Å². The van der Waals surface area contributed by atoms with Crippen molar-refractivity contribution in [2.24, 2.45) is 5.92 Å². The van der Waals surface area contributed by atoms with Crippen molar-refractivity contribution >= 4 is 0 Å². The Hall–Kier alpha value is -0.820. The van der Waals surface area contributed by atoms with Crippen LogP contribution in [-0.4, -0.2) is 12.6 Å². The molecule has 0 bridgehead atoms. The first-order valence-corrected chi connectivity index (χ1v) is 9.71. The fourth-order valence-corrected chi connectivity index (χ4v) is 4.72. The molecule has 1 heteroatoms. The van der Waals surface area contributed by atoms with Gasteiger partial charge in [-0.1, -0.05) is 69.7 Å². The molecule has 0 spiro atoms. The third-order valence-electron chi connectivity index (χ3n) is 5.91. The standard InChI is InChI=1S/C21H33N/c1-2-3-4-5-6-9-15-22-21-14-10-13-19-18-12-8-7-11-17(18)16-20(19)21/h7-8,11-12,19-22H,2-6,9-10,13-16H2,1H3. The zero-order valence-electron chi connectivity index (χ0n) is 14.3. The van der Waals surface area contributed by atoms with Gasteiger partial charge in [-0.05, 0) is 55.2 Å². The number of fused-ring (bicyclic) bond motifs is 3. The van der Waals surface area contributed by atoms with Gasteiger partial charge in [0.1, 0.15) is 0 Å². The lowest BCUT2D eigenvalue weighted by molar-refractivity contribution is 0.243. The van der Waals surface area contributed by atoms with Gasteiger partial charge in [0.2, 0.25) is 0 Å². The molecule has 1 aromatic carbocycles. The van der Waals surface area contributed by atoms with Crippen LogP contribution in [0.25, 0.3) is 0 Å². The highest BCUT2D eigenvalue weighted by Crippen LogP contribution is 2.46. The van der Waals surface area contributed by atoms with Crippen molar-refractivity contribution < 1.29 is 0 Å². The van der Waals surface area contributed by atoms with E-state index in [2.05, 4.69) is 36.5 Å². The highest BCUT2D eigenvalue weighted by atomic mass is 14.9. The van der Waals surface area contributed by atoms with E-state index in [1.807, 2.05) is 0 Å². The molecule has 2 aliphatic carbocycles. The molecule has 1 aromatic rings. The molecule has 122 valence electrons. The van der Waals surface area contributed by atoms with E-state index in [4.69, 9.17) is 0 Å². The summed E-state index contributed by atoms with van der Waals surface area (Å²) >= 11 is 0. The zero-order valence-corrected chi connectivity index (χ0v) is 14.3. The molecule has 0 saturated heterocycles. The minimum atomic E-state index is 0.766. The van der Waals surface area contributed by atoms with Gasteiger partial charge in [0.15, 0.2) is 0 Å². The Morgan fingerprint density at radius 3 is 2.73 bits per heavy atom. The van der Waals surface area contributed by atoms with Crippen LogP contribution in [0.3, 0.4) is 0 Å². The molecule has 3 unspecified atom stereocenters. The minimum absolute atomic E-state index is 0.766. The first-order valence-electron chi connectivity index (χ1n) is 9.71. The van der Waals surface area contributed by atoms with Crippen LogP contribution >= 0.6 is 0 Å². The molecule has 0 aromatic heterocycles. The van der Waals surface area contributed by atoms with E-state index < -0.39 is 0 Å². The number of hydrogen-bond donors (Lipinski definition) is 1. The normalized spacial score (nSPS) is 26.7. The quantitative estimate of drug-likeness (QED) is 0.630. The summed E-state index contributed by atoms with van der Waals surface area (Å²) in [5, 5.41) is 3.92. The van der Waals surface area contributed by atoms with E-state index >= 15 is 0 Å². The number of rotatable bonds is 8. The molecule has 22 heavy (non-hydrogen) atoms. The first kappa shape index (κ1) is 16.1. The van der Waals surface area contributed by atoms with Crippen LogP contribution in [0.4, 0.5) is 0 Å². The van der Waals surface area contributed by atoms with Crippen LogP contribution in [-0.2, 0) is 6.42 Å². The van der Waals surface area contributed by atoms with Crippen LogP contribution in [0.2, 0.25) is 0 Å². The minimum Gasteiger partial charge on any atom is -0.314 e. The maximum Gasteiger partial charge on any atom is 0.0104 e. The maximum absolute atomic E-state index is 3.92. The molecule has 0 amide bonds. The summed E-state index contributed by atoms with van der Waals surface area (Å²) in [6.07, 6.45) is 13.9. The summed E-state index contributed by atoms with van der Waals surface area (Å²) < 4.78 is 0. The average molecular weight is 300 g/mol. The molecular formula is C21H33N. The topological polar surface area (TPSA) is 12.0 Å². The van der Waals surface area contributed by atoms with E-state index in [1.165, 1.54) is 70.8 Å². The van der Waals surface area contributed by atoms with Gasteiger partial charge in [-0.15, -0.1) is 0 Å². The second-order valence-corrected chi connectivity index (χ2v) is 7.43. The van der Waals surface area contributed by atoms with Crippen molar-refractivity contribution in [1.29, 1.82) is 0 Å². The molecular weight excluding hydrogens is 266 g/mol. The summed E-state index contributed by atoms with van der Waals surface area (Å²) in [6.45, 7) is 3.52. The molecule has 3 rings (SSSR count). The summed E-state index contributed by atoms with van der Waals surface area (Å²) in [7, 11) is 0. The molecule has 1 saturated carbocycles. The van der Waals surface area contributed by atoms with Crippen LogP contribution in [0.1, 0.15) is 81.8 Å². The van der Waals surface area contributed by atoms with E-state index in [-0.39, 0.29) is 0 Å². The molecule has 0 heterocycles. The van der Waals surface area contributed by atoms with Crippen LogP contribution in [0.5, 0.6) is 0 Å². The SMILES string of the molecule is CCCCCCCCNC1CCCC2c3ccccc3CC12.